The van der Waals surface area contributed by atoms with Gasteiger partial charge < -0.3 is 20.5 Å². The van der Waals surface area contributed by atoms with E-state index in [0.717, 1.165) is 22.3 Å². The minimum atomic E-state index is -0.577. The second kappa shape index (κ2) is 8.87. The van der Waals surface area contributed by atoms with Gasteiger partial charge in [0.05, 0.1) is 12.2 Å². The maximum absolute atomic E-state index is 12.2. The van der Waals surface area contributed by atoms with Gasteiger partial charge in [-0.1, -0.05) is 18.2 Å². The number of pyridine rings is 1. The average molecular weight is 417 g/mol. The van der Waals surface area contributed by atoms with Crippen LogP contribution in [0.3, 0.4) is 0 Å². The summed E-state index contributed by atoms with van der Waals surface area (Å²) in [6.07, 6.45) is 3.39. The topological polar surface area (TPSA) is 104 Å². The summed E-state index contributed by atoms with van der Waals surface area (Å²) >= 11 is 0. The number of primary amides is 1. The van der Waals surface area contributed by atoms with E-state index in [1.165, 1.54) is 0 Å². The first-order chi connectivity index (χ1) is 15.0. The van der Waals surface area contributed by atoms with Crippen LogP contribution in [0.5, 0.6) is 11.5 Å². The molecule has 7 nitrogen and oxygen atoms in total. The Labute approximate surface area is 180 Å². The molecule has 1 atom stereocenters. The summed E-state index contributed by atoms with van der Waals surface area (Å²) in [6, 6.07) is 14.5. The van der Waals surface area contributed by atoms with E-state index >= 15 is 0 Å². The highest BCUT2D eigenvalue weighted by Gasteiger charge is 2.24. The summed E-state index contributed by atoms with van der Waals surface area (Å²) in [5.41, 5.74) is 9.30. The van der Waals surface area contributed by atoms with Crippen molar-refractivity contribution in [2.45, 2.75) is 26.0 Å². The van der Waals surface area contributed by atoms with Crippen LogP contribution in [-0.2, 0) is 6.54 Å². The molecule has 2 aromatic carbocycles. The average Bonchev–Trinajstić information content (AvgIpc) is 2.78. The molecule has 0 aliphatic carbocycles. The van der Waals surface area contributed by atoms with Crippen molar-refractivity contribution in [1.82, 2.24) is 10.3 Å². The molecule has 0 fully saturated rings. The van der Waals surface area contributed by atoms with E-state index < -0.39 is 12.1 Å². The van der Waals surface area contributed by atoms with E-state index in [4.69, 9.17) is 15.2 Å². The number of fused-ring (bicyclic) bond motifs is 1. The van der Waals surface area contributed by atoms with Crippen LogP contribution in [0.15, 0.2) is 60.9 Å². The van der Waals surface area contributed by atoms with Crippen molar-refractivity contribution in [2.24, 2.45) is 5.73 Å². The fourth-order valence-electron chi connectivity index (χ4n) is 3.64. The number of ketones is 1. The standard InChI is InChI=1S/C24H23N3O4/c1-15-21(6-5-19-20(28)9-12-30-22(15)19)31-23(17-7-10-26-11-8-17)18-4-2-3-16(13-18)14-27-24(25)29/h2-8,10-11,13,23H,9,12,14H2,1H3,(H3,25,27,29). The quantitative estimate of drug-likeness (QED) is 0.637. The second-order valence-electron chi connectivity index (χ2n) is 7.33. The van der Waals surface area contributed by atoms with E-state index in [0.29, 0.717) is 36.6 Å². The molecule has 3 N–H and O–H groups in total. The number of carbonyl (C=O) groups excluding carboxylic acids is 2. The van der Waals surface area contributed by atoms with Crippen molar-refractivity contribution >= 4 is 11.8 Å². The fraction of sp³-hybridized carbons (Fsp3) is 0.208. The molecule has 7 heteroatoms. The third-order valence-electron chi connectivity index (χ3n) is 5.21. The number of ether oxygens (including phenoxy) is 2. The number of rotatable bonds is 6. The molecule has 0 radical (unpaired) electrons. The lowest BCUT2D eigenvalue weighted by Gasteiger charge is -2.25. The van der Waals surface area contributed by atoms with Gasteiger partial charge in [-0.25, -0.2) is 4.79 Å². The molecule has 2 heterocycles. The van der Waals surface area contributed by atoms with Crippen LogP contribution in [0.4, 0.5) is 4.79 Å². The lowest BCUT2D eigenvalue weighted by Crippen LogP contribution is -2.28. The number of nitrogens with two attached hydrogens (primary N) is 1. The summed E-state index contributed by atoms with van der Waals surface area (Å²) in [5.74, 6) is 1.30. The van der Waals surface area contributed by atoms with Crippen molar-refractivity contribution in [2.75, 3.05) is 6.61 Å². The predicted octanol–water partition coefficient (Wildman–Crippen LogP) is 3.69. The summed E-state index contributed by atoms with van der Waals surface area (Å²) in [7, 11) is 0. The number of hydrogen-bond acceptors (Lipinski definition) is 5. The van der Waals surface area contributed by atoms with Crippen molar-refractivity contribution in [3.8, 4) is 11.5 Å². The Morgan fingerprint density at radius 2 is 2.00 bits per heavy atom. The van der Waals surface area contributed by atoms with E-state index in [-0.39, 0.29) is 5.78 Å². The Morgan fingerprint density at radius 1 is 1.19 bits per heavy atom. The van der Waals surface area contributed by atoms with Crippen LogP contribution in [-0.4, -0.2) is 23.4 Å². The number of nitrogens with zero attached hydrogens (tertiary/aromatic N) is 1. The Hall–Kier alpha value is -3.87. The number of urea groups is 1. The Morgan fingerprint density at radius 3 is 2.77 bits per heavy atom. The smallest absolute Gasteiger partial charge is 0.312 e. The molecule has 1 aliphatic rings. The van der Waals surface area contributed by atoms with Crippen LogP contribution in [0.25, 0.3) is 0 Å². The lowest BCUT2D eigenvalue weighted by molar-refractivity contribution is 0.0932. The van der Waals surface area contributed by atoms with Crippen LogP contribution < -0.4 is 20.5 Å². The van der Waals surface area contributed by atoms with E-state index in [2.05, 4.69) is 10.3 Å². The number of carbonyl (C=O) groups is 2. The summed E-state index contributed by atoms with van der Waals surface area (Å²) < 4.78 is 12.2. The number of amides is 2. The normalized spacial score (nSPS) is 13.6. The monoisotopic (exact) mass is 417 g/mol. The molecule has 0 spiro atoms. The lowest BCUT2D eigenvalue weighted by atomic mass is 9.99. The first kappa shape index (κ1) is 20.4. The number of aromatic nitrogens is 1. The van der Waals surface area contributed by atoms with E-state index in [9.17, 15) is 9.59 Å². The molecule has 158 valence electrons. The predicted molar refractivity (Wildman–Crippen MR) is 115 cm³/mol. The Bertz CT molecular complexity index is 1120. The molecule has 1 aromatic heterocycles. The van der Waals surface area contributed by atoms with Crippen molar-refractivity contribution < 1.29 is 19.1 Å². The highest BCUT2D eigenvalue weighted by Crippen LogP contribution is 2.38. The molecule has 31 heavy (non-hydrogen) atoms. The second-order valence-corrected chi connectivity index (χ2v) is 7.33. The van der Waals surface area contributed by atoms with Crippen LogP contribution in [0.1, 0.15) is 45.1 Å². The maximum atomic E-state index is 12.2. The first-order valence-electron chi connectivity index (χ1n) is 10.0. The zero-order valence-corrected chi connectivity index (χ0v) is 17.1. The highest BCUT2D eigenvalue weighted by molar-refractivity contribution is 6.00. The molecule has 2 amide bonds. The third kappa shape index (κ3) is 4.50. The maximum Gasteiger partial charge on any atom is 0.312 e. The van der Waals surface area contributed by atoms with Gasteiger partial charge in [0.25, 0.3) is 0 Å². The molecule has 4 rings (SSSR count). The summed E-state index contributed by atoms with van der Waals surface area (Å²) in [5, 5.41) is 2.60. The largest absolute Gasteiger partial charge is 0.492 e. The SMILES string of the molecule is Cc1c(OC(c2ccncc2)c2cccc(CNC(N)=O)c2)ccc2c1OCCC2=O. The number of nitrogens with one attached hydrogen (secondary N) is 1. The highest BCUT2D eigenvalue weighted by atomic mass is 16.5. The number of benzene rings is 2. The first-order valence-corrected chi connectivity index (χ1v) is 10.0. The molecular weight excluding hydrogens is 394 g/mol. The summed E-state index contributed by atoms with van der Waals surface area (Å²) in [4.78, 5) is 27.4. The minimum absolute atomic E-state index is 0.0798. The van der Waals surface area contributed by atoms with Gasteiger partial charge in [0, 0.05) is 30.9 Å². The van der Waals surface area contributed by atoms with Gasteiger partial charge in [0.1, 0.15) is 17.6 Å². The number of hydrogen-bond donors (Lipinski definition) is 2. The van der Waals surface area contributed by atoms with Crippen molar-refractivity contribution in [3.05, 3.63) is 88.7 Å². The van der Waals surface area contributed by atoms with Crippen LogP contribution >= 0.6 is 0 Å². The van der Waals surface area contributed by atoms with Gasteiger partial charge in [-0.15, -0.1) is 0 Å². The molecule has 3 aromatic rings. The van der Waals surface area contributed by atoms with Gasteiger partial charge >= 0.3 is 6.03 Å². The van der Waals surface area contributed by atoms with Gasteiger partial charge in [-0.3, -0.25) is 9.78 Å². The fourth-order valence-corrected chi connectivity index (χ4v) is 3.64. The molecule has 0 saturated heterocycles. The zero-order chi connectivity index (χ0) is 21.8. The van der Waals surface area contributed by atoms with Gasteiger partial charge in [0.15, 0.2) is 5.78 Å². The van der Waals surface area contributed by atoms with Gasteiger partial charge in [0.2, 0.25) is 0 Å². The Kier molecular flexibility index (Phi) is 5.84. The molecule has 0 bridgehead atoms. The van der Waals surface area contributed by atoms with E-state index in [1.54, 1.807) is 18.5 Å². The molecular formula is C24H23N3O4. The van der Waals surface area contributed by atoms with Gasteiger partial charge in [-0.05, 0) is 53.9 Å². The van der Waals surface area contributed by atoms with Crippen molar-refractivity contribution in [3.63, 3.8) is 0 Å². The van der Waals surface area contributed by atoms with Crippen LogP contribution in [0.2, 0.25) is 0 Å². The summed E-state index contributed by atoms with van der Waals surface area (Å²) in [6.45, 7) is 2.59. The van der Waals surface area contributed by atoms with E-state index in [1.807, 2.05) is 49.4 Å². The Balaban J connectivity index is 1.70. The van der Waals surface area contributed by atoms with Crippen molar-refractivity contribution in [1.29, 1.82) is 0 Å². The van der Waals surface area contributed by atoms with Gasteiger partial charge in [-0.2, -0.15) is 0 Å². The minimum Gasteiger partial charge on any atom is -0.492 e. The zero-order valence-electron chi connectivity index (χ0n) is 17.1. The molecule has 0 saturated carbocycles. The molecule has 1 unspecified atom stereocenters. The molecule has 1 aliphatic heterocycles. The third-order valence-corrected chi connectivity index (χ3v) is 5.21. The van der Waals surface area contributed by atoms with Crippen LogP contribution in [0, 0.1) is 6.92 Å². The number of Topliss-reactive ketones (excluding diaryl/α,β-unsaturated/α-hetero) is 1.